The number of carbonyl (C=O) groups is 1. The second-order valence-electron chi connectivity index (χ2n) is 7.54. The Morgan fingerprint density at radius 2 is 1.95 bits per heavy atom. The Hall–Kier alpha value is -1.81. The van der Waals surface area contributed by atoms with Crippen molar-refractivity contribution in [3.8, 4) is 0 Å². The van der Waals surface area contributed by atoms with E-state index in [9.17, 15) is 9.90 Å². The van der Waals surface area contributed by atoms with Crippen LogP contribution in [-0.4, -0.2) is 21.2 Å². The fourth-order valence-electron chi connectivity index (χ4n) is 5.09. The number of nitrogens with zero attached hydrogens (tertiary/aromatic N) is 1. The van der Waals surface area contributed by atoms with Gasteiger partial charge in [-0.15, -0.1) is 0 Å². The average Bonchev–Trinajstić information content (AvgIpc) is 2.67. The number of hydrogen-bond donors (Lipinski definition) is 2. The molecule has 0 spiro atoms. The van der Waals surface area contributed by atoms with E-state index in [0.29, 0.717) is 5.56 Å². The summed E-state index contributed by atoms with van der Waals surface area (Å²) in [6, 6.07) is 6.33. The van der Waals surface area contributed by atoms with Gasteiger partial charge in [0.15, 0.2) is 0 Å². The summed E-state index contributed by atoms with van der Waals surface area (Å²) in [7, 11) is 0. The zero-order chi connectivity index (χ0) is 15.9. The van der Waals surface area contributed by atoms with Crippen LogP contribution in [0.3, 0.4) is 0 Å². The zero-order valence-electron chi connectivity index (χ0n) is 13.3. The van der Waals surface area contributed by atoms with Crippen LogP contribution in [0.1, 0.15) is 53.8 Å². The molecule has 1 aromatic carbocycles. The Morgan fingerprint density at radius 1 is 1.32 bits per heavy atom. The lowest BCUT2D eigenvalue weighted by atomic mass is 9.37. The highest BCUT2D eigenvalue weighted by molar-refractivity contribution is 6.06. The van der Waals surface area contributed by atoms with E-state index in [1.807, 2.05) is 32.0 Å². The minimum absolute atomic E-state index is 0.0661. The number of carboxylic acids is 1. The van der Waals surface area contributed by atoms with Crippen LogP contribution in [0, 0.1) is 19.3 Å². The van der Waals surface area contributed by atoms with Crippen molar-refractivity contribution in [1.29, 1.82) is 0 Å². The SMILES string of the molecule is Cc1cccc2c1c(C(=O)O)c(C)n2C(C)C12CC(N)(C1)C2. The quantitative estimate of drug-likeness (QED) is 0.912. The van der Waals surface area contributed by atoms with E-state index >= 15 is 0 Å². The average molecular weight is 298 g/mol. The standard InChI is InChI=1S/C18H22N2O2/c1-10-5-4-6-13-14(10)15(16(21)22)11(2)20(13)12(3)17-7-18(19,8-17)9-17/h4-6,12H,7-9,19H2,1-3H3,(H,21,22). The number of hydrogen-bond acceptors (Lipinski definition) is 2. The number of aromatic carboxylic acids is 1. The lowest BCUT2D eigenvalue weighted by Crippen LogP contribution is -2.74. The van der Waals surface area contributed by atoms with Gasteiger partial charge in [0.1, 0.15) is 0 Å². The van der Waals surface area contributed by atoms with Gasteiger partial charge in [0.25, 0.3) is 0 Å². The third-order valence-corrected chi connectivity index (χ3v) is 6.08. The van der Waals surface area contributed by atoms with E-state index in [0.717, 1.165) is 41.4 Å². The van der Waals surface area contributed by atoms with Crippen molar-refractivity contribution in [3.05, 3.63) is 35.0 Å². The molecule has 22 heavy (non-hydrogen) atoms. The molecule has 3 fully saturated rings. The molecule has 0 radical (unpaired) electrons. The summed E-state index contributed by atoms with van der Waals surface area (Å²) in [6.07, 6.45) is 3.19. The first kappa shape index (κ1) is 13.8. The first-order valence-electron chi connectivity index (χ1n) is 7.90. The lowest BCUT2D eigenvalue weighted by molar-refractivity contribution is -0.161. The van der Waals surface area contributed by atoms with Crippen LogP contribution in [0.2, 0.25) is 0 Å². The molecule has 1 atom stereocenters. The Labute approximate surface area is 129 Å². The van der Waals surface area contributed by atoms with Crippen LogP contribution in [0.15, 0.2) is 18.2 Å². The van der Waals surface area contributed by atoms with E-state index in [2.05, 4.69) is 11.5 Å². The van der Waals surface area contributed by atoms with Crippen LogP contribution in [-0.2, 0) is 0 Å². The van der Waals surface area contributed by atoms with E-state index in [1.54, 1.807) is 0 Å². The first-order valence-corrected chi connectivity index (χ1v) is 7.90. The molecule has 0 amide bonds. The maximum atomic E-state index is 11.8. The number of nitrogens with two attached hydrogens (primary N) is 1. The molecular weight excluding hydrogens is 276 g/mol. The largest absolute Gasteiger partial charge is 0.478 e. The maximum absolute atomic E-state index is 11.8. The molecule has 0 saturated heterocycles. The van der Waals surface area contributed by atoms with Gasteiger partial charge in [-0.05, 0) is 57.1 Å². The molecule has 0 aliphatic heterocycles. The Kier molecular flexibility index (Phi) is 2.47. The number of aryl methyl sites for hydroxylation is 1. The molecular formula is C18H22N2O2. The topological polar surface area (TPSA) is 68.2 Å². The van der Waals surface area contributed by atoms with E-state index in [-0.39, 0.29) is 17.0 Å². The zero-order valence-corrected chi connectivity index (χ0v) is 13.3. The van der Waals surface area contributed by atoms with Crippen molar-refractivity contribution in [2.75, 3.05) is 0 Å². The van der Waals surface area contributed by atoms with Crippen molar-refractivity contribution in [1.82, 2.24) is 4.57 Å². The first-order chi connectivity index (χ1) is 10.3. The lowest BCUT2D eigenvalue weighted by Gasteiger charge is -2.71. The summed E-state index contributed by atoms with van der Waals surface area (Å²) in [5.74, 6) is -0.837. The van der Waals surface area contributed by atoms with E-state index in [1.165, 1.54) is 0 Å². The van der Waals surface area contributed by atoms with Gasteiger partial charge < -0.3 is 15.4 Å². The number of benzene rings is 1. The van der Waals surface area contributed by atoms with Gasteiger partial charge in [0.2, 0.25) is 0 Å². The molecule has 1 aromatic heterocycles. The van der Waals surface area contributed by atoms with Gasteiger partial charge in [-0.1, -0.05) is 12.1 Å². The molecule has 4 heteroatoms. The smallest absolute Gasteiger partial charge is 0.338 e. The van der Waals surface area contributed by atoms with Crippen LogP contribution in [0.5, 0.6) is 0 Å². The third kappa shape index (κ3) is 1.48. The predicted molar refractivity (Wildman–Crippen MR) is 86.3 cm³/mol. The van der Waals surface area contributed by atoms with Crippen LogP contribution < -0.4 is 5.73 Å². The van der Waals surface area contributed by atoms with Crippen LogP contribution in [0.4, 0.5) is 0 Å². The van der Waals surface area contributed by atoms with Crippen molar-refractivity contribution >= 4 is 16.9 Å². The molecule has 3 aliphatic carbocycles. The molecule has 1 heterocycles. The normalized spacial score (nSPS) is 30.7. The summed E-state index contributed by atoms with van der Waals surface area (Å²) in [4.78, 5) is 11.8. The highest BCUT2D eigenvalue weighted by atomic mass is 16.4. The minimum Gasteiger partial charge on any atom is -0.478 e. The molecule has 2 bridgehead atoms. The molecule has 1 unspecified atom stereocenters. The van der Waals surface area contributed by atoms with Gasteiger partial charge in [-0.2, -0.15) is 0 Å². The van der Waals surface area contributed by atoms with Crippen LogP contribution in [0.25, 0.3) is 10.9 Å². The van der Waals surface area contributed by atoms with E-state index in [4.69, 9.17) is 5.73 Å². The molecule has 3 saturated carbocycles. The highest BCUT2D eigenvalue weighted by Crippen LogP contribution is 2.70. The summed E-state index contributed by atoms with van der Waals surface area (Å²) in [6.45, 7) is 6.14. The van der Waals surface area contributed by atoms with Gasteiger partial charge in [0.05, 0.1) is 5.56 Å². The Bertz CT molecular complexity index is 798. The van der Waals surface area contributed by atoms with Crippen molar-refractivity contribution in [2.24, 2.45) is 11.1 Å². The molecule has 3 aliphatic rings. The summed E-state index contributed by atoms with van der Waals surface area (Å²) < 4.78 is 2.24. The molecule has 4 nitrogen and oxygen atoms in total. The van der Waals surface area contributed by atoms with Gasteiger partial charge in [-0.3, -0.25) is 0 Å². The minimum atomic E-state index is -0.837. The number of aromatic nitrogens is 1. The molecule has 2 aromatic rings. The predicted octanol–water partition coefficient (Wildman–Crippen LogP) is 3.40. The van der Waals surface area contributed by atoms with Gasteiger partial charge in [-0.25, -0.2) is 4.79 Å². The van der Waals surface area contributed by atoms with Crippen molar-refractivity contribution < 1.29 is 9.90 Å². The summed E-state index contributed by atoms with van der Waals surface area (Å²) in [5.41, 5.74) is 9.93. The maximum Gasteiger partial charge on any atom is 0.338 e. The number of rotatable bonds is 3. The van der Waals surface area contributed by atoms with Crippen molar-refractivity contribution in [2.45, 2.75) is 51.6 Å². The fraction of sp³-hybridized carbons (Fsp3) is 0.500. The second-order valence-corrected chi connectivity index (χ2v) is 7.54. The Morgan fingerprint density at radius 3 is 2.50 bits per heavy atom. The van der Waals surface area contributed by atoms with E-state index < -0.39 is 5.97 Å². The second kappa shape index (κ2) is 3.93. The van der Waals surface area contributed by atoms with Crippen molar-refractivity contribution in [3.63, 3.8) is 0 Å². The molecule has 5 rings (SSSR count). The summed E-state index contributed by atoms with van der Waals surface area (Å²) in [5, 5.41) is 10.6. The van der Waals surface area contributed by atoms with Gasteiger partial charge >= 0.3 is 5.97 Å². The van der Waals surface area contributed by atoms with Crippen LogP contribution >= 0.6 is 0 Å². The highest BCUT2D eigenvalue weighted by Gasteiger charge is 2.68. The van der Waals surface area contributed by atoms with Gasteiger partial charge in [0, 0.05) is 28.2 Å². The fourth-order valence-corrected chi connectivity index (χ4v) is 5.09. The number of carboxylic acid groups (broad SMARTS) is 1. The summed E-state index contributed by atoms with van der Waals surface area (Å²) >= 11 is 0. The third-order valence-electron chi connectivity index (χ3n) is 6.08. The Balaban J connectivity index is 1.93. The monoisotopic (exact) mass is 298 g/mol. The molecule has 3 N–H and O–H groups in total. The number of fused-ring (bicyclic) bond motifs is 1. The molecule has 116 valence electrons.